The molecule has 2 fully saturated rings. The van der Waals surface area contributed by atoms with Gasteiger partial charge in [0.15, 0.2) is 0 Å². The van der Waals surface area contributed by atoms with E-state index in [-0.39, 0.29) is 37.0 Å². The summed E-state index contributed by atoms with van der Waals surface area (Å²) in [7, 11) is -7.80. The maximum atomic E-state index is 13.3. The van der Waals surface area contributed by atoms with E-state index in [1.807, 2.05) is 37.3 Å². The van der Waals surface area contributed by atoms with Crippen LogP contribution in [0.25, 0.3) is 0 Å². The Balaban J connectivity index is 1.60. The highest BCUT2D eigenvalue weighted by atomic mass is 32.2. The fourth-order valence-electron chi connectivity index (χ4n) is 4.12. The predicted octanol–water partition coefficient (Wildman–Crippen LogP) is 2.14. The van der Waals surface area contributed by atoms with E-state index in [4.69, 9.17) is 8.92 Å². The van der Waals surface area contributed by atoms with Crippen LogP contribution in [-0.2, 0) is 29.2 Å². The molecular formula is C22H28N2O6S2. The summed E-state index contributed by atoms with van der Waals surface area (Å²) in [5.41, 5.74) is 1.89. The van der Waals surface area contributed by atoms with Crippen molar-refractivity contribution in [1.29, 1.82) is 0 Å². The van der Waals surface area contributed by atoms with Crippen molar-refractivity contribution >= 4 is 20.3 Å². The summed E-state index contributed by atoms with van der Waals surface area (Å²) < 4.78 is 66.1. The number of rotatable bonds is 6. The van der Waals surface area contributed by atoms with Crippen molar-refractivity contribution in [2.45, 2.75) is 30.3 Å². The summed E-state index contributed by atoms with van der Waals surface area (Å²) in [6, 6.07) is 16.0. The third-order valence-electron chi connectivity index (χ3n) is 5.84. The Bertz CT molecular complexity index is 1110. The van der Waals surface area contributed by atoms with Gasteiger partial charge >= 0.3 is 0 Å². The second kappa shape index (κ2) is 9.58. The molecule has 0 radical (unpaired) electrons. The van der Waals surface area contributed by atoms with Crippen LogP contribution in [0, 0.1) is 6.92 Å². The fourth-order valence-corrected chi connectivity index (χ4v) is 6.86. The average Bonchev–Trinajstić information content (AvgIpc) is 2.80. The summed E-state index contributed by atoms with van der Waals surface area (Å²) in [6.45, 7) is 3.37. The normalized spacial score (nSPS) is 23.8. The van der Waals surface area contributed by atoms with Gasteiger partial charge in [-0.15, -0.1) is 0 Å². The minimum absolute atomic E-state index is 0.0197. The number of morpholine rings is 1. The summed E-state index contributed by atoms with van der Waals surface area (Å²) in [5, 5.41) is 0. The van der Waals surface area contributed by atoms with E-state index in [1.165, 1.54) is 20.7 Å². The highest BCUT2D eigenvalue weighted by Crippen LogP contribution is 2.32. The maximum Gasteiger partial charge on any atom is 0.297 e. The Kier molecular flexibility index (Phi) is 6.99. The highest BCUT2D eigenvalue weighted by Gasteiger charge is 2.40. The molecule has 0 aromatic heterocycles. The van der Waals surface area contributed by atoms with Gasteiger partial charge in [-0.25, -0.2) is 0 Å². The Morgan fingerprint density at radius 1 is 0.875 bits per heavy atom. The van der Waals surface area contributed by atoms with Gasteiger partial charge in [-0.1, -0.05) is 48.0 Å². The molecule has 0 aliphatic carbocycles. The van der Waals surface area contributed by atoms with Gasteiger partial charge in [0.05, 0.1) is 24.2 Å². The zero-order valence-electron chi connectivity index (χ0n) is 18.0. The molecule has 174 valence electrons. The quantitative estimate of drug-likeness (QED) is 0.588. The molecule has 2 aliphatic heterocycles. The van der Waals surface area contributed by atoms with Gasteiger partial charge in [-0.2, -0.15) is 25.4 Å². The molecule has 0 amide bonds. The number of aryl methyl sites for hydroxylation is 1. The summed E-state index contributed by atoms with van der Waals surface area (Å²) in [4.78, 5) is 0.0625. The Morgan fingerprint density at radius 2 is 1.53 bits per heavy atom. The van der Waals surface area contributed by atoms with Gasteiger partial charge in [0.2, 0.25) is 0 Å². The smallest absolute Gasteiger partial charge is 0.297 e. The van der Waals surface area contributed by atoms with E-state index < -0.39 is 26.4 Å². The first-order valence-corrected chi connectivity index (χ1v) is 13.4. The van der Waals surface area contributed by atoms with Crippen molar-refractivity contribution < 1.29 is 25.8 Å². The van der Waals surface area contributed by atoms with Gasteiger partial charge in [0.1, 0.15) is 0 Å². The average molecular weight is 481 g/mol. The van der Waals surface area contributed by atoms with Gasteiger partial charge in [0, 0.05) is 32.1 Å². The molecular weight excluding hydrogens is 452 g/mol. The molecule has 8 nitrogen and oxygen atoms in total. The zero-order chi connectivity index (χ0) is 22.8. The minimum atomic E-state index is -4.03. The zero-order valence-corrected chi connectivity index (χ0v) is 19.6. The lowest BCUT2D eigenvalue weighted by Gasteiger charge is -2.39. The number of ether oxygens (including phenoxy) is 1. The summed E-state index contributed by atoms with van der Waals surface area (Å²) in [5.74, 6) is -0.181. The van der Waals surface area contributed by atoms with E-state index in [9.17, 15) is 16.8 Å². The van der Waals surface area contributed by atoms with E-state index in [2.05, 4.69) is 0 Å². The molecule has 2 unspecified atom stereocenters. The van der Waals surface area contributed by atoms with Crippen molar-refractivity contribution in [2.75, 3.05) is 39.4 Å². The number of hydrogen-bond donors (Lipinski definition) is 0. The standard InChI is InChI=1S/C22H28N2O6S2/c1-18-7-9-22(10-8-18)31(25,26)30-21-15-20(19-5-3-2-4-6-19)16-24(17-21)32(27,28)23-11-13-29-14-12-23/h2-10,20-21H,11-17H2,1H3. The van der Waals surface area contributed by atoms with Gasteiger partial charge in [-0.05, 0) is 31.0 Å². The van der Waals surface area contributed by atoms with Gasteiger partial charge in [0.25, 0.3) is 20.3 Å². The first-order chi connectivity index (χ1) is 15.3. The maximum absolute atomic E-state index is 13.3. The second-order valence-corrected chi connectivity index (χ2v) is 11.7. The number of nitrogens with zero attached hydrogens (tertiary/aromatic N) is 2. The lowest BCUT2D eigenvalue weighted by atomic mass is 9.90. The molecule has 2 aromatic rings. The van der Waals surface area contributed by atoms with Crippen LogP contribution in [0.15, 0.2) is 59.5 Å². The molecule has 2 aromatic carbocycles. The van der Waals surface area contributed by atoms with Gasteiger partial charge < -0.3 is 4.74 Å². The number of piperidine rings is 1. The summed E-state index contributed by atoms with van der Waals surface area (Å²) >= 11 is 0. The number of hydrogen-bond acceptors (Lipinski definition) is 6. The van der Waals surface area contributed by atoms with Crippen molar-refractivity contribution in [3.8, 4) is 0 Å². The van der Waals surface area contributed by atoms with E-state index in [0.717, 1.165) is 11.1 Å². The lowest BCUT2D eigenvalue weighted by molar-refractivity contribution is 0.0658. The monoisotopic (exact) mass is 480 g/mol. The highest BCUT2D eigenvalue weighted by molar-refractivity contribution is 7.87. The van der Waals surface area contributed by atoms with E-state index in [0.29, 0.717) is 19.6 Å². The van der Waals surface area contributed by atoms with Gasteiger partial charge in [-0.3, -0.25) is 4.18 Å². The molecule has 0 N–H and O–H groups in total. The van der Waals surface area contributed by atoms with Crippen LogP contribution in [-0.4, -0.2) is 70.9 Å². The Hall–Kier alpha value is -1.82. The number of benzene rings is 2. The third kappa shape index (κ3) is 5.22. The molecule has 10 heteroatoms. The first-order valence-electron chi connectivity index (χ1n) is 10.6. The predicted molar refractivity (Wildman–Crippen MR) is 120 cm³/mol. The van der Waals surface area contributed by atoms with Crippen LogP contribution >= 0.6 is 0 Å². The Labute approximate surface area is 190 Å². The topological polar surface area (TPSA) is 93.2 Å². The van der Waals surface area contributed by atoms with Crippen molar-refractivity contribution in [1.82, 2.24) is 8.61 Å². The molecule has 2 saturated heterocycles. The van der Waals surface area contributed by atoms with Crippen LogP contribution in [0.1, 0.15) is 23.5 Å². The molecule has 2 heterocycles. The molecule has 0 spiro atoms. The SMILES string of the molecule is Cc1ccc(S(=O)(=O)OC2CC(c3ccccc3)CN(S(=O)(=O)N3CCOCC3)C2)cc1. The van der Waals surface area contributed by atoms with Crippen LogP contribution in [0.2, 0.25) is 0 Å². The lowest BCUT2D eigenvalue weighted by Crippen LogP contribution is -2.54. The van der Waals surface area contributed by atoms with Crippen molar-refractivity contribution in [2.24, 2.45) is 0 Å². The molecule has 2 atom stereocenters. The third-order valence-corrected chi connectivity index (χ3v) is 9.19. The largest absolute Gasteiger partial charge is 0.379 e. The molecule has 32 heavy (non-hydrogen) atoms. The molecule has 2 aliphatic rings. The van der Waals surface area contributed by atoms with Crippen molar-refractivity contribution in [3.05, 3.63) is 65.7 Å². The fraction of sp³-hybridized carbons (Fsp3) is 0.455. The van der Waals surface area contributed by atoms with Crippen LogP contribution in [0.3, 0.4) is 0 Å². The summed E-state index contributed by atoms with van der Waals surface area (Å²) in [6.07, 6.45) is -0.388. The molecule has 0 bridgehead atoms. The minimum Gasteiger partial charge on any atom is -0.379 e. The molecule has 0 saturated carbocycles. The molecule has 4 rings (SSSR count). The second-order valence-electron chi connectivity index (χ2n) is 8.16. The van der Waals surface area contributed by atoms with Crippen LogP contribution < -0.4 is 0 Å². The van der Waals surface area contributed by atoms with Crippen molar-refractivity contribution in [3.63, 3.8) is 0 Å². The van der Waals surface area contributed by atoms with E-state index in [1.54, 1.807) is 12.1 Å². The first kappa shape index (κ1) is 23.3. The van der Waals surface area contributed by atoms with Crippen LogP contribution in [0.5, 0.6) is 0 Å². The van der Waals surface area contributed by atoms with Crippen LogP contribution in [0.4, 0.5) is 0 Å². The van der Waals surface area contributed by atoms with E-state index >= 15 is 0 Å². The Morgan fingerprint density at radius 3 is 2.19 bits per heavy atom.